The maximum Gasteiger partial charge on any atom is 0.161 e. The lowest BCUT2D eigenvalue weighted by atomic mass is 9.94. The Morgan fingerprint density at radius 2 is 1.80 bits per heavy atom. The number of Topliss-reactive ketones (excluding diaryl/α,β-unsaturated/α-hetero) is 1. The van der Waals surface area contributed by atoms with Gasteiger partial charge in [0, 0.05) is 17.0 Å². The van der Waals surface area contributed by atoms with E-state index < -0.39 is 0 Å². The van der Waals surface area contributed by atoms with Crippen LogP contribution in [0.15, 0.2) is 0 Å². The Morgan fingerprint density at radius 3 is 2.47 bits per heavy atom. The second-order valence-electron chi connectivity index (χ2n) is 4.55. The number of H-pyrrole nitrogens is 1. The van der Waals surface area contributed by atoms with Crippen LogP contribution in [0.3, 0.4) is 0 Å². The summed E-state index contributed by atoms with van der Waals surface area (Å²) in [5.41, 5.74) is 4.65. The Kier molecular flexibility index (Phi) is 2.94. The van der Waals surface area contributed by atoms with E-state index in [1.807, 2.05) is 6.92 Å². The minimum absolute atomic E-state index is 0.213. The number of ketones is 1. The summed E-state index contributed by atoms with van der Waals surface area (Å²) in [6.07, 6.45) is 7.31. The van der Waals surface area contributed by atoms with Crippen LogP contribution in [-0.2, 0) is 12.8 Å². The molecule has 2 nitrogen and oxygen atoms in total. The average Bonchev–Trinajstić information content (AvgIpc) is 2.42. The highest BCUT2D eigenvalue weighted by atomic mass is 16.1. The van der Waals surface area contributed by atoms with Gasteiger partial charge in [0.2, 0.25) is 0 Å². The van der Waals surface area contributed by atoms with Gasteiger partial charge < -0.3 is 4.98 Å². The number of aromatic nitrogens is 1. The predicted molar refractivity (Wildman–Crippen MR) is 61.4 cm³/mol. The molecule has 2 heteroatoms. The number of carbonyl (C=O) groups is 1. The fourth-order valence-corrected chi connectivity index (χ4v) is 2.66. The Labute approximate surface area is 91.1 Å². The van der Waals surface area contributed by atoms with E-state index >= 15 is 0 Å². The van der Waals surface area contributed by atoms with Crippen molar-refractivity contribution < 1.29 is 4.79 Å². The third-order valence-electron chi connectivity index (χ3n) is 3.34. The summed E-state index contributed by atoms with van der Waals surface area (Å²) in [5.74, 6) is 0.213. The molecule has 0 spiro atoms. The Morgan fingerprint density at radius 1 is 1.13 bits per heavy atom. The van der Waals surface area contributed by atoms with Gasteiger partial charge in [0.05, 0.1) is 0 Å². The van der Waals surface area contributed by atoms with Gasteiger partial charge in [-0.3, -0.25) is 4.79 Å². The van der Waals surface area contributed by atoms with E-state index in [1.54, 1.807) is 6.92 Å². The molecule has 0 atom stereocenters. The molecule has 0 fully saturated rings. The van der Waals surface area contributed by atoms with Crippen molar-refractivity contribution in [3.63, 3.8) is 0 Å². The van der Waals surface area contributed by atoms with Crippen LogP contribution in [0.4, 0.5) is 0 Å². The molecule has 0 saturated heterocycles. The van der Waals surface area contributed by atoms with Crippen LogP contribution < -0.4 is 0 Å². The topological polar surface area (TPSA) is 32.9 Å². The first kappa shape index (κ1) is 10.5. The minimum Gasteiger partial charge on any atom is -0.362 e. The first-order valence-corrected chi connectivity index (χ1v) is 5.91. The highest BCUT2D eigenvalue weighted by Crippen LogP contribution is 2.25. The van der Waals surface area contributed by atoms with Crippen molar-refractivity contribution in [1.29, 1.82) is 0 Å². The number of rotatable bonds is 1. The van der Waals surface area contributed by atoms with Gasteiger partial charge in [-0.1, -0.05) is 12.8 Å². The molecule has 0 aromatic carbocycles. The highest BCUT2D eigenvalue weighted by molar-refractivity contribution is 5.97. The molecular formula is C13H19NO. The van der Waals surface area contributed by atoms with E-state index in [0.717, 1.165) is 24.1 Å². The van der Waals surface area contributed by atoms with Gasteiger partial charge in [0.1, 0.15) is 0 Å². The van der Waals surface area contributed by atoms with Crippen molar-refractivity contribution in [2.45, 2.75) is 52.4 Å². The van der Waals surface area contributed by atoms with Crippen LogP contribution in [-0.4, -0.2) is 10.8 Å². The van der Waals surface area contributed by atoms with Crippen molar-refractivity contribution in [3.05, 3.63) is 22.5 Å². The summed E-state index contributed by atoms with van der Waals surface area (Å²) >= 11 is 0. The summed E-state index contributed by atoms with van der Waals surface area (Å²) in [4.78, 5) is 15.0. The van der Waals surface area contributed by atoms with Crippen LogP contribution in [0.1, 0.15) is 59.9 Å². The summed E-state index contributed by atoms with van der Waals surface area (Å²) < 4.78 is 0. The maximum atomic E-state index is 11.6. The summed E-state index contributed by atoms with van der Waals surface area (Å²) in [6, 6.07) is 0. The largest absolute Gasteiger partial charge is 0.362 e. The van der Waals surface area contributed by atoms with Gasteiger partial charge in [-0.25, -0.2) is 0 Å². The number of fused-ring (bicyclic) bond motifs is 1. The van der Waals surface area contributed by atoms with E-state index in [9.17, 15) is 4.79 Å². The van der Waals surface area contributed by atoms with Crippen LogP contribution in [0.25, 0.3) is 0 Å². The summed E-state index contributed by atoms with van der Waals surface area (Å²) in [5, 5.41) is 0. The molecule has 1 aromatic rings. The van der Waals surface area contributed by atoms with E-state index in [1.165, 1.54) is 36.9 Å². The van der Waals surface area contributed by atoms with Crippen molar-refractivity contribution in [3.8, 4) is 0 Å². The lowest BCUT2D eigenvalue weighted by molar-refractivity contribution is 0.101. The first-order valence-electron chi connectivity index (χ1n) is 5.91. The third-order valence-corrected chi connectivity index (χ3v) is 3.34. The molecule has 2 rings (SSSR count). The molecule has 15 heavy (non-hydrogen) atoms. The summed E-state index contributed by atoms with van der Waals surface area (Å²) in [7, 11) is 0. The van der Waals surface area contributed by atoms with Gasteiger partial charge in [0.15, 0.2) is 5.78 Å². The van der Waals surface area contributed by atoms with Crippen LogP contribution in [0, 0.1) is 6.92 Å². The fourth-order valence-electron chi connectivity index (χ4n) is 2.66. The smallest absolute Gasteiger partial charge is 0.161 e. The number of carbonyl (C=O) groups excluding carboxylic acids is 1. The minimum atomic E-state index is 0.213. The van der Waals surface area contributed by atoms with Crippen molar-refractivity contribution in [1.82, 2.24) is 4.98 Å². The number of nitrogens with one attached hydrogen (secondary N) is 1. The molecule has 0 radical (unpaired) electrons. The van der Waals surface area contributed by atoms with Crippen LogP contribution in [0.2, 0.25) is 0 Å². The SMILES string of the molecule is CC(=O)c1c(C)[nH]c2c1CCCCCC2. The number of aryl methyl sites for hydroxylation is 2. The zero-order valence-corrected chi connectivity index (χ0v) is 9.65. The average molecular weight is 205 g/mol. The van der Waals surface area contributed by atoms with Gasteiger partial charge in [-0.2, -0.15) is 0 Å². The van der Waals surface area contributed by atoms with Crippen molar-refractivity contribution >= 4 is 5.78 Å². The molecule has 1 heterocycles. The lowest BCUT2D eigenvalue weighted by Crippen LogP contribution is -2.02. The maximum absolute atomic E-state index is 11.6. The third kappa shape index (κ3) is 1.99. The van der Waals surface area contributed by atoms with Crippen molar-refractivity contribution in [2.75, 3.05) is 0 Å². The predicted octanol–water partition coefficient (Wildman–Crippen LogP) is 3.18. The molecule has 0 unspecified atom stereocenters. The van der Waals surface area contributed by atoms with Gasteiger partial charge in [-0.05, 0) is 45.1 Å². The highest BCUT2D eigenvalue weighted by Gasteiger charge is 2.18. The summed E-state index contributed by atoms with van der Waals surface area (Å²) in [6.45, 7) is 3.69. The standard InChI is InChI=1S/C13H19NO/c1-9-13(10(2)15)11-7-5-3-4-6-8-12(11)14-9/h14H,3-8H2,1-2H3. The molecule has 1 N–H and O–H groups in total. The molecule has 0 bridgehead atoms. The van der Waals surface area contributed by atoms with Gasteiger partial charge in [-0.15, -0.1) is 0 Å². The molecule has 1 aromatic heterocycles. The Bertz CT molecular complexity index is 376. The normalized spacial score (nSPS) is 16.7. The molecular weight excluding hydrogens is 186 g/mol. The van der Waals surface area contributed by atoms with Crippen LogP contribution in [0.5, 0.6) is 0 Å². The zero-order chi connectivity index (χ0) is 10.8. The molecule has 1 aliphatic carbocycles. The molecule has 0 saturated carbocycles. The van der Waals surface area contributed by atoms with Gasteiger partial charge >= 0.3 is 0 Å². The first-order chi connectivity index (χ1) is 7.20. The molecule has 82 valence electrons. The molecule has 0 amide bonds. The second-order valence-corrected chi connectivity index (χ2v) is 4.55. The van der Waals surface area contributed by atoms with E-state index in [-0.39, 0.29) is 5.78 Å². The second kappa shape index (κ2) is 4.21. The quantitative estimate of drug-likeness (QED) is 0.702. The van der Waals surface area contributed by atoms with Gasteiger partial charge in [0.25, 0.3) is 0 Å². The van der Waals surface area contributed by atoms with E-state index in [4.69, 9.17) is 0 Å². The fraction of sp³-hybridized carbons (Fsp3) is 0.615. The van der Waals surface area contributed by atoms with E-state index in [0.29, 0.717) is 0 Å². The monoisotopic (exact) mass is 205 g/mol. The Balaban J connectivity index is 2.43. The molecule has 0 aliphatic heterocycles. The van der Waals surface area contributed by atoms with Crippen LogP contribution >= 0.6 is 0 Å². The zero-order valence-electron chi connectivity index (χ0n) is 9.65. The number of hydrogen-bond donors (Lipinski definition) is 1. The van der Waals surface area contributed by atoms with Crippen molar-refractivity contribution in [2.24, 2.45) is 0 Å². The van der Waals surface area contributed by atoms with E-state index in [2.05, 4.69) is 4.98 Å². The Hall–Kier alpha value is -1.05. The number of hydrogen-bond acceptors (Lipinski definition) is 1. The number of aromatic amines is 1. The molecule has 1 aliphatic rings. The lowest BCUT2D eigenvalue weighted by Gasteiger charge is -2.10.